The Kier molecular flexibility index (Phi) is 5.69. The molecular formula is C15H21FN2O3. The zero-order valence-electron chi connectivity index (χ0n) is 12.4. The summed E-state index contributed by atoms with van der Waals surface area (Å²) in [5.74, 6) is -1.38. The molecule has 1 aromatic carbocycles. The highest BCUT2D eigenvalue weighted by atomic mass is 19.1. The number of carboxylic acids is 1. The lowest BCUT2D eigenvalue weighted by Gasteiger charge is -2.27. The second-order valence-corrected chi connectivity index (χ2v) is 5.91. The summed E-state index contributed by atoms with van der Waals surface area (Å²) in [5.41, 5.74) is 0.308. The zero-order chi connectivity index (χ0) is 16.0. The Morgan fingerprint density at radius 1 is 1.24 bits per heavy atom. The van der Waals surface area contributed by atoms with E-state index >= 15 is 0 Å². The van der Waals surface area contributed by atoms with Crippen LogP contribution in [0, 0.1) is 11.2 Å². The Bertz CT molecular complexity index is 495. The number of halogens is 1. The third-order valence-electron chi connectivity index (χ3n) is 3.00. The van der Waals surface area contributed by atoms with Crippen LogP contribution in [0.3, 0.4) is 0 Å². The molecule has 2 amide bonds. The van der Waals surface area contributed by atoms with Gasteiger partial charge in [-0.05, 0) is 29.5 Å². The molecule has 0 aliphatic rings. The smallest absolute Gasteiger partial charge is 0.326 e. The molecule has 6 heteroatoms. The van der Waals surface area contributed by atoms with E-state index in [1.165, 1.54) is 12.1 Å². The van der Waals surface area contributed by atoms with E-state index in [0.29, 0.717) is 13.0 Å². The first kappa shape index (κ1) is 16.9. The molecule has 0 aliphatic heterocycles. The van der Waals surface area contributed by atoms with Crippen LogP contribution in [-0.4, -0.2) is 29.7 Å². The molecular weight excluding hydrogens is 275 g/mol. The van der Waals surface area contributed by atoms with Gasteiger partial charge in [-0.2, -0.15) is 0 Å². The first-order chi connectivity index (χ1) is 9.70. The highest BCUT2D eigenvalue weighted by Crippen LogP contribution is 2.19. The van der Waals surface area contributed by atoms with E-state index in [1.807, 2.05) is 0 Å². The normalized spacial score (nSPS) is 12.6. The number of urea groups is 1. The molecule has 1 rings (SSSR count). The Morgan fingerprint density at radius 3 is 2.29 bits per heavy atom. The van der Waals surface area contributed by atoms with Crippen LogP contribution in [-0.2, 0) is 11.2 Å². The summed E-state index contributed by atoms with van der Waals surface area (Å²) < 4.78 is 12.7. The van der Waals surface area contributed by atoms with Crippen LogP contribution in [0.25, 0.3) is 0 Å². The van der Waals surface area contributed by atoms with E-state index in [0.717, 1.165) is 5.56 Å². The molecule has 0 aliphatic carbocycles. The van der Waals surface area contributed by atoms with Gasteiger partial charge in [0.1, 0.15) is 11.9 Å². The molecule has 0 bridgehead atoms. The first-order valence-electron chi connectivity index (χ1n) is 6.72. The van der Waals surface area contributed by atoms with Crippen LogP contribution in [0.4, 0.5) is 9.18 Å². The number of hydrogen-bond acceptors (Lipinski definition) is 2. The van der Waals surface area contributed by atoms with Crippen molar-refractivity contribution < 1.29 is 19.1 Å². The number of carboxylic acid groups (broad SMARTS) is 1. The summed E-state index contributed by atoms with van der Waals surface area (Å²) >= 11 is 0. The molecule has 1 atom stereocenters. The molecule has 21 heavy (non-hydrogen) atoms. The standard InChI is InChI=1S/C15H21FN2O3/c1-15(2,3)12(13(19)20)18-14(21)17-9-8-10-4-6-11(16)7-5-10/h4-7,12H,8-9H2,1-3H3,(H,19,20)(H2,17,18,21)/t12-/m1/s1. The molecule has 116 valence electrons. The number of amides is 2. The Labute approximate surface area is 123 Å². The van der Waals surface area contributed by atoms with Gasteiger partial charge in [0.05, 0.1) is 0 Å². The fourth-order valence-corrected chi connectivity index (χ4v) is 1.80. The average Bonchev–Trinajstić information content (AvgIpc) is 2.36. The zero-order valence-corrected chi connectivity index (χ0v) is 12.4. The van der Waals surface area contributed by atoms with Crippen LogP contribution in [0.1, 0.15) is 26.3 Å². The van der Waals surface area contributed by atoms with E-state index < -0.39 is 23.5 Å². The largest absolute Gasteiger partial charge is 0.480 e. The van der Waals surface area contributed by atoms with Crippen LogP contribution >= 0.6 is 0 Å². The maximum Gasteiger partial charge on any atom is 0.326 e. The number of hydrogen-bond donors (Lipinski definition) is 3. The number of carbonyl (C=O) groups is 2. The van der Waals surface area contributed by atoms with Gasteiger partial charge in [-0.15, -0.1) is 0 Å². The summed E-state index contributed by atoms with van der Waals surface area (Å²) in [4.78, 5) is 22.8. The highest BCUT2D eigenvalue weighted by Gasteiger charge is 2.32. The van der Waals surface area contributed by atoms with Crippen molar-refractivity contribution in [3.8, 4) is 0 Å². The minimum atomic E-state index is -1.07. The number of carbonyl (C=O) groups excluding carboxylic acids is 1. The molecule has 0 saturated carbocycles. The molecule has 0 radical (unpaired) electrons. The third kappa shape index (κ3) is 5.81. The highest BCUT2D eigenvalue weighted by molar-refractivity contribution is 5.83. The predicted octanol–water partition coefficient (Wildman–Crippen LogP) is 2.17. The van der Waals surface area contributed by atoms with Crippen LogP contribution in [0.15, 0.2) is 24.3 Å². The molecule has 0 fully saturated rings. The Morgan fingerprint density at radius 2 is 1.81 bits per heavy atom. The molecule has 0 heterocycles. The van der Waals surface area contributed by atoms with Crippen molar-refractivity contribution in [3.05, 3.63) is 35.6 Å². The van der Waals surface area contributed by atoms with Crippen molar-refractivity contribution in [3.63, 3.8) is 0 Å². The van der Waals surface area contributed by atoms with Gasteiger partial charge in [-0.1, -0.05) is 32.9 Å². The maximum absolute atomic E-state index is 12.7. The van der Waals surface area contributed by atoms with Crippen molar-refractivity contribution in [1.29, 1.82) is 0 Å². The quantitative estimate of drug-likeness (QED) is 0.779. The Hall–Kier alpha value is -2.11. The van der Waals surface area contributed by atoms with Gasteiger partial charge < -0.3 is 15.7 Å². The number of rotatable bonds is 5. The van der Waals surface area contributed by atoms with Gasteiger partial charge in [-0.25, -0.2) is 14.0 Å². The minimum absolute atomic E-state index is 0.307. The fourth-order valence-electron chi connectivity index (χ4n) is 1.80. The summed E-state index contributed by atoms with van der Waals surface area (Å²) in [6.07, 6.45) is 0.543. The SMILES string of the molecule is CC(C)(C)[C@H](NC(=O)NCCc1ccc(F)cc1)C(=O)O. The van der Waals surface area contributed by atoms with Crippen LogP contribution in [0.2, 0.25) is 0 Å². The second kappa shape index (κ2) is 7.06. The van der Waals surface area contributed by atoms with E-state index in [-0.39, 0.29) is 5.82 Å². The molecule has 5 nitrogen and oxygen atoms in total. The van der Waals surface area contributed by atoms with Crippen LogP contribution in [0.5, 0.6) is 0 Å². The monoisotopic (exact) mass is 296 g/mol. The molecule has 0 spiro atoms. The van der Waals surface area contributed by atoms with Crippen molar-refractivity contribution >= 4 is 12.0 Å². The maximum atomic E-state index is 12.7. The van der Waals surface area contributed by atoms with Crippen molar-refractivity contribution in [2.75, 3.05) is 6.54 Å². The van der Waals surface area contributed by atoms with Crippen molar-refractivity contribution in [2.24, 2.45) is 5.41 Å². The van der Waals surface area contributed by atoms with Gasteiger partial charge in [0.15, 0.2) is 0 Å². The minimum Gasteiger partial charge on any atom is -0.480 e. The van der Waals surface area contributed by atoms with E-state index in [1.54, 1.807) is 32.9 Å². The van der Waals surface area contributed by atoms with Gasteiger partial charge in [-0.3, -0.25) is 0 Å². The van der Waals surface area contributed by atoms with Gasteiger partial charge in [0, 0.05) is 6.54 Å². The van der Waals surface area contributed by atoms with Gasteiger partial charge >= 0.3 is 12.0 Å². The fraction of sp³-hybridized carbons (Fsp3) is 0.467. The lowest BCUT2D eigenvalue weighted by Crippen LogP contribution is -2.52. The third-order valence-corrected chi connectivity index (χ3v) is 3.00. The molecule has 0 unspecified atom stereocenters. The lowest BCUT2D eigenvalue weighted by molar-refractivity contribution is -0.141. The number of benzene rings is 1. The number of nitrogens with one attached hydrogen (secondary N) is 2. The summed E-state index contributed by atoms with van der Waals surface area (Å²) in [5, 5.41) is 14.1. The van der Waals surface area contributed by atoms with Crippen molar-refractivity contribution in [1.82, 2.24) is 10.6 Å². The van der Waals surface area contributed by atoms with E-state index in [4.69, 9.17) is 5.11 Å². The number of aliphatic carboxylic acids is 1. The lowest BCUT2D eigenvalue weighted by atomic mass is 9.87. The topological polar surface area (TPSA) is 78.4 Å². The molecule has 0 saturated heterocycles. The summed E-state index contributed by atoms with van der Waals surface area (Å²) in [7, 11) is 0. The second-order valence-electron chi connectivity index (χ2n) is 5.91. The predicted molar refractivity (Wildman–Crippen MR) is 77.5 cm³/mol. The average molecular weight is 296 g/mol. The Balaban J connectivity index is 2.43. The summed E-state index contributed by atoms with van der Waals surface area (Å²) in [6.45, 7) is 5.56. The molecule has 1 aromatic rings. The summed E-state index contributed by atoms with van der Waals surface area (Å²) in [6, 6.07) is 4.50. The molecule has 0 aromatic heterocycles. The van der Waals surface area contributed by atoms with Gasteiger partial charge in [0.25, 0.3) is 0 Å². The van der Waals surface area contributed by atoms with E-state index in [2.05, 4.69) is 10.6 Å². The van der Waals surface area contributed by atoms with Crippen molar-refractivity contribution in [2.45, 2.75) is 33.2 Å². The van der Waals surface area contributed by atoms with Crippen LogP contribution < -0.4 is 10.6 Å². The first-order valence-corrected chi connectivity index (χ1v) is 6.72. The molecule has 3 N–H and O–H groups in total. The van der Waals surface area contributed by atoms with Gasteiger partial charge in [0.2, 0.25) is 0 Å². The van der Waals surface area contributed by atoms with E-state index in [9.17, 15) is 14.0 Å².